The van der Waals surface area contributed by atoms with E-state index in [9.17, 15) is 9.18 Å². The SMILES string of the molecule is Cc1ccc(F)c(NC(=O)NC(C)(C)c2cc(Cl)cc(Cl)c2)c1. The molecule has 0 heterocycles. The first kappa shape index (κ1) is 17.6. The van der Waals surface area contributed by atoms with Crippen LogP contribution in [0.3, 0.4) is 0 Å². The number of halogens is 3. The second-order valence-corrected chi connectivity index (χ2v) is 6.72. The highest BCUT2D eigenvalue weighted by Gasteiger charge is 2.24. The highest BCUT2D eigenvalue weighted by atomic mass is 35.5. The molecule has 0 aliphatic heterocycles. The van der Waals surface area contributed by atoms with Crippen molar-refractivity contribution in [1.82, 2.24) is 5.32 Å². The van der Waals surface area contributed by atoms with Crippen molar-refractivity contribution in [3.05, 3.63) is 63.4 Å². The van der Waals surface area contributed by atoms with Gasteiger partial charge in [0.2, 0.25) is 0 Å². The number of urea groups is 1. The molecule has 2 rings (SSSR count). The van der Waals surface area contributed by atoms with E-state index in [2.05, 4.69) is 10.6 Å². The molecular formula is C17H17Cl2FN2O. The average molecular weight is 355 g/mol. The number of benzene rings is 2. The lowest BCUT2D eigenvalue weighted by Crippen LogP contribution is -2.43. The van der Waals surface area contributed by atoms with Crippen LogP contribution >= 0.6 is 23.2 Å². The van der Waals surface area contributed by atoms with Gasteiger partial charge in [-0.1, -0.05) is 29.3 Å². The summed E-state index contributed by atoms with van der Waals surface area (Å²) < 4.78 is 13.7. The molecule has 0 spiro atoms. The summed E-state index contributed by atoms with van der Waals surface area (Å²) in [5.74, 6) is -0.491. The fourth-order valence-electron chi connectivity index (χ4n) is 2.16. The molecule has 23 heavy (non-hydrogen) atoms. The van der Waals surface area contributed by atoms with Crippen molar-refractivity contribution in [2.24, 2.45) is 0 Å². The van der Waals surface area contributed by atoms with E-state index < -0.39 is 17.4 Å². The van der Waals surface area contributed by atoms with Crippen LogP contribution in [0, 0.1) is 12.7 Å². The third-order valence-corrected chi connectivity index (χ3v) is 3.82. The average Bonchev–Trinajstić information content (AvgIpc) is 2.41. The van der Waals surface area contributed by atoms with Crippen LogP contribution in [0.4, 0.5) is 14.9 Å². The lowest BCUT2D eigenvalue weighted by Gasteiger charge is -2.27. The molecule has 0 fully saturated rings. The molecule has 2 amide bonds. The Morgan fingerprint density at radius 1 is 1.09 bits per heavy atom. The van der Waals surface area contributed by atoms with Gasteiger partial charge in [-0.15, -0.1) is 0 Å². The molecule has 2 N–H and O–H groups in total. The van der Waals surface area contributed by atoms with Gasteiger partial charge in [0, 0.05) is 10.0 Å². The Morgan fingerprint density at radius 2 is 1.70 bits per heavy atom. The van der Waals surface area contributed by atoms with Crippen LogP contribution in [-0.4, -0.2) is 6.03 Å². The van der Waals surface area contributed by atoms with Crippen molar-refractivity contribution in [1.29, 1.82) is 0 Å². The zero-order valence-electron chi connectivity index (χ0n) is 13.0. The van der Waals surface area contributed by atoms with Gasteiger partial charge in [0.1, 0.15) is 5.82 Å². The Balaban J connectivity index is 2.16. The van der Waals surface area contributed by atoms with E-state index in [1.54, 1.807) is 44.2 Å². The quantitative estimate of drug-likeness (QED) is 0.750. The zero-order chi connectivity index (χ0) is 17.2. The second-order valence-electron chi connectivity index (χ2n) is 5.85. The topological polar surface area (TPSA) is 41.1 Å². The van der Waals surface area contributed by atoms with Gasteiger partial charge >= 0.3 is 6.03 Å². The number of amides is 2. The van der Waals surface area contributed by atoms with Gasteiger partial charge < -0.3 is 10.6 Å². The van der Waals surface area contributed by atoms with Crippen molar-refractivity contribution in [3.8, 4) is 0 Å². The fraction of sp³-hybridized carbons (Fsp3) is 0.235. The first-order valence-electron chi connectivity index (χ1n) is 6.99. The van der Waals surface area contributed by atoms with Crippen LogP contribution in [-0.2, 0) is 5.54 Å². The number of nitrogens with one attached hydrogen (secondary N) is 2. The van der Waals surface area contributed by atoms with Gasteiger partial charge in [-0.05, 0) is 62.2 Å². The third-order valence-electron chi connectivity index (χ3n) is 3.38. The summed E-state index contributed by atoms with van der Waals surface area (Å²) in [4.78, 5) is 12.2. The number of hydrogen-bond donors (Lipinski definition) is 2. The molecule has 0 atom stereocenters. The monoisotopic (exact) mass is 354 g/mol. The highest BCUT2D eigenvalue weighted by molar-refractivity contribution is 6.34. The van der Waals surface area contributed by atoms with Crippen LogP contribution in [0.25, 0.3) is 0 Å². The van der Waals surface area contributed by atoms with Crippen molar-refractivity contribution in [3.63, 3.8) is 0 Å². The molecule has 122 valence electrons. The molecule has 0 aliphatic rings. The van der Waals surface area contributed by atoms with Gasteiger partial charge in [-0.2, -0.15) is 0 Å². The van der Waals surface area contributed by atoms with Crippen LogP contribution in [0.5, 0.6) is 0 Å². The Morgan fingerprint density at radius 3 is 2.30 bits per heavy atom. The van der Waals surface area contributed by atoms with Crippen molar-refractivity contribution >= 4 is 34.9 Å². The van der Waals surface area contributed by atoms with Crippen molar-refractivity contribution in [2.75, 3.05) is 5.32 Å². The molecule has 0 aliphatic carbocycles. The lowest BCUT2D eigenvalue weighted by molar-refractivity contribution is 0.241. The Bertz CT molecular complexity index is 727. The number of carbonyl (C=O) groups is 1. The molecule has 3 nitrogen and oxygen atoms in total. The molecule has 2 aromatic carbocycles. The van der Waals surface area contributed by atoms with Crippen LogP contribution in [0.2, 0.25) is 10.0 Å². The predicted molar refractivity (Wildman–Crippen MR) is 92.8 cm³/mol. The Kier molecular flexibility index (Phi) is 5.17. The van der Waals surface area contributed by atoms with Crippen LogP contribution in [0.1, 0.15) is 25.0 Å². The van der Waals surface area contributed by atoms with E-state index in [1.807, 2.05) is 6.92 Å². The Labute approximate surface area is 144 Å². The van der Waals surface area contributed by atoms with E-state index in [0.29, 0.717) is 10.0 Å². The predicted octanol–water partition coefficient (Wildman–Crippen LogP) is 5.50. The van der Waals surface area contributed by atoms with E-state index in [-0.39, 0.29) is 5.69 Å². The maximum atomic E-state index is 13.7. The maximum absolute atomic E-state index is 13.7. The molecule has 2 aromatic rings. The van der Waals surface area contributed by atoms with Gasteiger partial charge in [0.25, 0.3) is 0 Å². The summed E-state index contributed by atoms with van der Waals surface area (Å²) in [6.45, 7) is 5.43. The van der Waals surface area contributed by atoms with E-state index in [1.165, 1.54) is 6.07 Å². The number of rotatable bonds is 3. The van der Waals surface area contributed by atoms with Crippen LogP contribution < -0.4 is 10.6 Å². The van der Waals surface area contributed by atoms with Gasteiger partial charge in [-0.25, -0.2) is 9.18 Å². The normalized spacial score (nSPS) is 11.2. The fourth-order valence-corrected chi connectivity index (χ4v) is 2.69. The molecule has 0 aromatic heterocycles. The molecule has 6 heteroatoms. The third kappa shape index (κ3) is 4.60. The smallest absolute Gasteiger partial charge is 0.320 e. The standard InChI is InChI=1S/C17H17Cl2FN2O/c1-10-4-5-14(20)15(6-10)21-16(23)22-17(2,3)11-7-12(18)9-13(19)8-11/h4-9H,1-3H3,(H2,21,22,23). The molecular weight excluding hydrogens is 338 g/mol. The van der Waals surface area contributed by atoms with Gasteiger partial charge in [-0.3, -0.25) is 0 Å². The van der Waals surface area contributed by atoms with Crippen molar-refractivity contribution < 1.29 is 9.18 Å². The molecule has 0 radical (unpaired) electrons. The minimum Gasteiger partial charge on any atom is -0.329 e. The maximum Gasteiger partial charge on any atom is 0.320 e. The highest BCUT2D eigenvalue weighted by Crippen LogP contribution is 2.27. The van der Waals surface area contributed by atoms with E-state index in [4.69, 9.17) is 23.2 Å². The summed E-state index contributed by atoms with van der Waals surface area (Å²) in [6.07, 6.45) is 0. The first-order chi connectivity index (χ1) is 10.7. The lowest BCUT2D eigenvalue weighted by atomic mass is 9.94. The van der Waals surface area contributed by atoms with Gasteiger partial charge in [0.15, 0.2) is 0 Å². The number of aryl methyl sites for hydroxylation is 1. The summed E-state index contributed by atoms with van der Waals surface area (Å²) in [7, 11) is 0. The van der Waals surface area contributed by atoms with E-state index in [0.717, 1.165) is 11.1 Å². The van der Waals surface area contributed by atoms with Crippen molar-refractivity contribution in [2.45, 2.75) is 26.3 Å². The van der Waals surface area contributed by atoms with Crippen LogP contribution in [0.15, 0.2) is 36.4 Å². The summed E-state index contributed by atoms with van der Waals surface area (Å²) >= 11 is 12.0. The number of carbonyl (C=O) groups excluding carboxylic acids is 1. The van der Waals surface area contributed by atoms with Gasteiger partial charge in [0.05, 0.1) is 11.2 Å². The second kappa shape index (κ2) is 6.77. The zero-order valence-corrected chi connectivity index (χ0v) is 14.5. The summed E-state index contributed by atoms with van der Waals surface area (Å²) in [5.41, 5.74) is 0.985. The molecule has 0 saturated carbocycles. The number of anilines is 1. The molecule has 0 unspecified atom stereocenters. The summed E-state index contributed by atoms with van der Waals surface area (Å²) in [6, 6.07) is 9.06. The minimum atomic E-state index is -0.737. The molecule has 0 bridgehead atoms. The molecule has 0 saturated heterocycles. The van der Waals surface area contributed by atoms with E-state index >= 15 is 0 Å². The number of hydrogen-bond acceptors (Lipinski definition) is 1. The Hall–Kier alpha value is -1.78. The largest absolute Gasteiger partial charge is 0.329 e. The summed E-state index contributed by atoms with van der Waals surface area (Å²) in [5, 5.41) is 6.26. The first-order valence-corrected chi connectivity index (χ1v) is 7.75. The minimum absolute atomic E-state index is 0.127.